The van der Waals surface area contributed by atoms with Gasteiger partial charge in [-0.25, -0.2) is 0 Å². The fourth-order valence-corrected chi connectivity index (χ4v) is 3.33. The SMILES string of the molecule is C=C1CCN(c2ccccc2)C12CCNCC2. The Morgan fingerprint density at radius 3 is 2.53 bits per heavy atom. The van der Waals surface area contributed by atoms with Crippen LogP contribution in [0.15, 0.2) is 42.5 Å². The Labute approximate surface area is 103 Å². The lowest BCUT2D eigenvalue weighted by molar-refractivity contribution is 0.359. The van der Waals surface area contributed by atoms with Gasteiger partial charge in [-0.3, -0.25) is 0 Å². The second-order valence-electron chi connectivity index (χ2n) is 5.12. The molecule has 0 aliphatic carbocycles. The van der Waals surface area contributed by atoms with Crippen molar-refractivity contribution in [3.8, 4) is 0 Å². The van der Waals surface area contributed by atoms with Gasteiger partial charge in [0.15, 0.2) is 0 Å². The third-order valence-corrected chi connectivity index (χ3v) is 4.31. The molecule has 90 valence electrons. The lowest BCUT2D eigenvalue weighted by atomic mass is 9.82. The molecular weight excluding hydrogens is 208 g/mol. The highest BCUT2D eigenvalue weighted by atomic mass is 15.2. The summed E-state index contributed by atoms with van der Waals surface area (Å²) in [5.41, 5.74) is 3.02. The number of hydrogen-bond acceptors (Lipinski definition) is 2. The summed E-state index contributed by atoms with van der Waals surface area (Å²) in [6.45, 7) is 7.69. The smallest absolute Gasteiger partial charge is 0.0636 e. The molecule has 0 saturated carbocycles. The molecule has 2 aliphatic heterocycles. The number of nitrogens with zero attached hydrogens (tertiary/aromatic N) is 1. The maximum Gasteiger partial charge on any atom is 0.0636 e. The molecule has 0 amide bonds. The molecule has 2 saturated heterocycles. The number of para-hydroxylation sites is 1. The van der Waals surface area contributed by atoms with E-state index in [9.17, 15) is 0 Å². The Balaban J connectivity index is 1.96. The van der Waals surface area contributed by atoms with Crippen LogP contribution < -0.4 is 10.2 Å². The number of nitrogens with one attached hydrogen (secondary N) is 1. The van der Waals surface area contributed by atoms with Crippen molar-refractivity contribution >= 4 is 5.69 Å². The minimum atomic E-state index is 0.229. The first-order chi connectivity index (χ1) is 8.33. The van der Waals surface area contributed by atoms with Gasteiger partial charge in [0.25, 0.3) is 0 Å². The molecule has 2 heterocycles. The molecule has 0 radical (unpaired) electrons. The second kappa shape index (κ2) is 4.19. The molecule has 0 atom stereocenters. The van der Waals surface area contributed by atoms with E-state index in [4.69, 9.17) is 0 Å². The van der Waals surface area contributed by atoms with Crippen LogP contribution in [0, 0.1) is 0 Å². The van der Waals surface area contributed by atoms with Crippen LogP contribution in [0.5, 0.6) is 0 Å². The summed E-state index contributed by atoms with van der Waals surface area (Å²) in [7, 11) is 0. The van der Waals surface area contributed by atoms with Crippen molar-refractivity contribution in [2.24, 2.45) is 0 Å². The van der Waals surface area contributed by atoms with E-state index in [0.717, 1.165) is 26.1 Å². The van der Waals surface area contributed by atoms with Crippen molar-refractivity contribution in [2.45, 2.75) is 24.8 Å². The molecule has 1 N–H and O–H groups in total. The van der Waals surface area contributed by atoms with Crippen LogP contribution in [-0.2, 0) is 0 Å². The number of hydrogen-bond donors (Lipinski definition) is 1. The molecule has 1 aromatic rings. The zero-order chi connectivity index (χ0) is 11.7. The van der Waals surface area contributed by atoms with Crippen molar-refractivity contribution in [1.82, 2.24) is 5.32 Å². The first kappa shape index (κ1) is 10.8. The average Bonchev–Trinajstić information content (AvgIpc) is 2.69. The van der Waals surface area contributed by atoms with Gasteiger partial charge in [0.05, 0.1) is 5.54 Å². The topological polar surface area (TPSA) is 15.3 Å². The van der Waals surface area contributed by atoms with Gasteiger partial charge in [-0.15, -0.1) is 0 Å². The summed E-state index contributed by atoms with van der Waals surface area (Å²) in [6, 6.07) is 10.8. The van der Waals surface area contributed by atoms with Crippen LogP contribution in [0.2, 0.25) is 0 Å². The van der Waals surface area contributed by atoms with Crippen LogP contribution in [0.4, 0.5) is 5.69 Å². The van der Waals surface area contributed by atoms with Gasteiger partial charge in [0, 0.05) is 12.2 Å². The van der Waals surface area contributed by atoms with E-state index in [2.05, 4.69) is 47.1 Å². The number of benzene rings is 1. The number of anilines is 1. The molecule has 2 nitrogen and oxygen atoms in total. The van der Waals surface area contributed by atoms with E-state index in [1.165, 1.54) is 24.1 Å². The Bertz CT molecular complexity index is 404. The lowest BCUT2D eigenvalue weighted by Gasteiger charge is -2.44. The summed E-state index contributed by atoms with van der Waals surface area (Å²) in [5.74, 6) is 0. The van der Waals surface area contributed by atoms with Crippen molar-refractivity contribution in [2.75, 3.05) is 24.5 Å². The molecule has 2 heteroatoms. The van der Waals surface area contributed by atoms with Crippen LogP contribution in [0.25, 0.3) is 0 Å². The standard InChI is InChI=1S/C15H20N2/c1-13-7-12-17(14-5-3-2-4-6-14)15(13)8-10-16-11-9-15/h2-6,16H,1,7-12H2. The summed E-state index contributed by atoms with van der Waals surface area (Å²) >= 11 is 0. The van der Waals surface area contributed by atoms with Crippen LogP contribution in [0.3, 0.4) is 0 Å². The zero-order valence-corrected chi connectivity index (χ0v) is 10.3. The summed E-state index contributed by atoms with van der Waals surface area (Å²) in [4.78, 5) is 2.58. The first-order valence-electron chi connectivity index (χ1n) is 6.55. The Kier molecular flexibility index (Phi) is 2.67. The molecule has 17 heavy (non-hydrogen) atoms. The largest absolute Gasteiger partial charge is 0.362 e. The predicted molar refractivity (Wildman–Crippen MR) is 72.4 cm³/mol. The minimum Gasteiger partial charge on any atom is -0.362 e. The predicted octanol–water partition coefficient (Wildman–Crippen LogP) is 2.58. The molecule has 2 aliphatic rings. The van der Waals surface area contributed by atoms with Crippen molar-refractivity contribution in [3.63, 3.8) is 0 Å². The fraction of sp³-hybridized carbons (Fsp3) is 0.467. The van der Waals surface area contributed by atoms with Crippen LogP contribution >= 0.6 is 0 Å². The maximum atomic E-state index is 4.34. The minimum absolute atomic E-state index is 0.229. The highest BCUT2D eigenvalue weighted by Gasteiger charge is 2.44. The van der Waals surface area contributed by atoms with Crippen LogP contribution in [0.1, 0.15) is 19.3 Å². The van der Waals surface area contributed by atoms with Crippen LogP contribution in [-0.4, -0.2) is 25.2 Å². The summed E-state index contributed by atoms with van der Waals surface area (Å²) < 4.78 is 0. The Morgan fingerprint density at radius 1 is 1.12 bits per heavy atom. The molecule has 0 bridgehead atoms. The quantitative estimate of drug-likeness (QED) is 0.743. The van der Waals surface area contributed by atoms with Gasteiger partial charge in [-0.2, -0.15) is 0 Å². The lowest BCUT2D eigenvalue weighted by Crippen LogP contribution is -2.52. The molecule has 1 aromatic carbocycles. The van der Waals surface area contributed by atoms with Gasteiger partial charge < -0.3 is 10.2 Å². The summed E-state index contributed by atoms with van der Waals surface area (Å²) in [6.07, 6.45) is 3.54. The first-order valence-corrected chi connectivity index (χ1v) is 6.55. The molecule has 2 fully saturated rings. The van der Waals surface area contributed by atoms with E-state index in [0.29, 0.717) is 0 Å². The summed E-state index contributed by atoms with van der Waals surface area (Å²) in [5, 5.41) is 3.46. The Morgan fingerprint density at radius 2 is 1.82 bits per heavy atom. The maximum absolute atomic E-state index is 4.34. The van der Waals surface area contributed by atoms with Gasteiger partial charge in [0.2, 0.25) is 0 Å². The highest BCUT2D eigenvalue weighted by molar-refractivity contribution is 5.55. The second-order valence-corrected chi connectivity index (χ2v) is 5.12. The van der Waals surface area contributed by atoms with E-state index < -0.39 is 0 Å². The fourth-order valence-electron chi connectivity index (χ4n) is 3.33. The normalized spacial score (nSPS) is 23.3. The van der Waals surface area contributed by atoms with E-state index in [-0.39, 0.29) is 5.54 Å². The molecule has 1 spiro atoms. The van der Waals surface area contributed by atoms with E-state index in [1.54, 1.807) is 0 Å². The van der Waals surface area contributed by atoms with Gasteiger partial charge in [0.1, 0.15) is 0 Å². The van der Waals surface area contributed by atoms with Crippen molar-refractivity contribution in [3.05, 3.63) is 42.5 Å². The highest BCUT2D eigenvalue weighted by Crippen LogP contribution is 2.42. The molecular formula is C15H20N2. The van der Waals surface area contributed by atoms with Gasteiger partial charge >= 0.3 is 0 Å². The Hall–Kier alpha value is -1.28. The zero-order valence-electron chi connectivity index (χ0n) is 10.3. The number of rotatable bonds is 1. The van der Waals surface area contributed by atoms with Crippen molar-refractivity contribution in [1.29, 1.82) is 0 Å². The molecule has 0 aromatic heterocycles. The molecule has 0 unspecified atom stereocenters. The average molecular weight is 228 g/mol. The monoisotopic (exact) mass is 228 g/mol. The van der Waals surface area contributed by atoms with Gasteiger partial charge in [-0.05, 0) is 44.5 Å². The van der Waals surface area contributed by atoms with E-state index in [1.807, 2.05) is 0 Å². The van der Waals surface area contributed by atoms with Crippen molar-refractivity contribution < 1.29 is 0 Å². The van der Waals surface area contributed by atoms with E-state index >= 15 is 0 Å². The van der Waals surface area contributed by atoms with Gasteiger partial charge in [-0.1, -0.05) is 30.4 Å². The molecule has 3 rings (SSSR count). The third-order valence-electron chi connectivity index (χ3n) is 4.31. The third kappa shape index (κ3) is 1.67. The number of piperidine rings is 1.